The Kier molecular flexibility index (Phi) is 11.7. The zero-order valence-corrected chi connectivity index (χ0v) is 20.3. The van der Waals surface area contributed by atoms with E-state index in [1.54, 1.807) is 6.08 Å². The van der Waals surface area contributed by atoms with Gasteiger partial charge in [-0.2, -0.15) is 0 Å². The standard InChI is InChI=1S/C27H35NO6/c1-4-6-15-33-26-19-22(18-23(27(30)31)14-16-32-5-2)9-12-25(26)34-17-13-21-7-10-24(11-8-21)28-20(3)29/h7-12,18-19H,4-6,13-17H2,1-3H3,(H,28,29)(H,30,31). The Bertz CT molecular complexity index is 952. The normalized spacial score (nSPS) is 11.2. The lowest BCUT2D eigenvalue weighted by molar-refractivity contribution is -0.132. The van der Waals surface area contributed by atoms with Crippen molar-refractivity contribution in [1.29, 1.82) is 0 Å². The van der Waals surface area contributed by atoms with E-state index in [0.29, 0.717) is 50.8 Å². The molecule has 0 aliphatic carbocycles. The summed E-state index contributed by atoms with van der Waals surface area (Å²) in [5.74, 6) is 0.153. The second-order valence-electron chi connectivity index (χ2n) is 7.81. The maximum atomic E-state index is 11.6. The van der Waals surface area contributed by atoms with Crippen LogP contribution < -0.4 is 14.8 Å². The van der Waals surface area contributed by atoms with Crippen LogP contribution in [0.1, 0.15) is 51.2 Å². The summed E-state index contributed by atoms with van der Waals surface area (Å²) in [5.41, 5.74) is 2.86. The highest BCUT2D eigenvalue weighted by molar-refractivity contribution is 5.92. The molecule has 0 radical (unpaired) electrons. The number of carbonyl (C=O) groups excluding carboxylic acids is 1. The summed E-state index contributed by atoms with van der Waals surface area (Å²) in [4.78, 5) is 22.8. The van der Waals surface area contributed by atoms with Crippen LogP contribution in [0.2, 0.25) is 0 Å². The lowest BCUT2D eigenvalue weighted by atomic mass is 10.1. The van der Waals surface area contributed by atoms with Crippen molar-refractivity contribution in [3.8, 4) is 11.5 Å². The van der Waals surface area contributed by atoms with Gasteiger partial charge < -0.3 is 24.6 Å². The lowest BCUT2D eigenvalue weighted by Crippen LogP contribution is -2.07. The summed E-state index contributed by atoms with van der Waals surface area (Å²) in [6, 6.07) is 13.1. The molecule has 7 heteroatoms. The predicted octanol–water partition coefficient (Wildman–Crippen LogP) is 5.34. The van der Waals surface area contributed by atoms with E-state index in [2.05, 4.69) is 12.2 Å². The van der Waals surface area contributed by atoms with Crippen LogP contribution in [0.25, 0.3) is 6.08 Å². The number of hydrogen-bond acceptors (Lipinski definition) is 5. The summed E-state index contributed by atoms with van der Waals surface area (Å²) in [6.07, 6.45) is 4.58. The van der Waals surface area contributed by atoms with Gasteiger partial charge in [0.25, 0.3) is 0 Å². The van der Waals surface area contributed by atoms with E-state index in [1.165, 1.54) is 6.92 Å². The van der Waals surface area contributed by atoms with Gasteiger partial charge in [0.1, 0.15) is 0 Å². The maximum Gasteiger partial charge on any atom is 0.331 e. The fourth-order valence-electron chi connectivity index (χ4n) is 3.18. The first-order valence-corrected chi connectivity index (χ1v) is 11.7. The summed E-state index contributed by atoms with van der Waals surface area (Å²) < 4.78 is 17.2. The van der Waals surface area contributed by atoms with E-state index in [-0.39, 0.29) is 11.5 Å². The van der Waals surface area contributed by atoms with Crippen molar-refractivity contribution in [3.05, 3.63) is 59.2 Å². The maximum absolute atomic E-state index is 11.6. The van der Waals surface area contributed by atoms with Crippen LogP contribution in [0.4, 0.5) is 5.69 Å². The number of unbranched alkanes of at least 4 members (excludes halogenated alkanes) is 1. The van der Waals surface area contributed by atoms with E-state index >= 15 is 0 Å². The predicted molar refractivity (Wildman–Crippen MR) is 134 cm³/mol. The van der Waals surface area contributed by atoms with Gasteiger partial charge in [-0.05, 0) is 54.8 Å². The summed E-state index contributed by atoms with van der Waals surface area (Å²) >= 11 is 0. The minimum absolute atomic E-state index is 0.102. The van der Waals surface area contributed by atoms with Crippen LogP contribution in [-0.4, -0.2) is 43.4 Å². The van der Waals surface area contributed by atoms with Crippen molar-refractivity contribution in [2.45, 2.75) is 46.5 Å². The monoisotopic (exact) mass is 469 g/mol. The van der Waals surface area contributed by atoms with Gasteiger partial charge in [0, 0.05) is 37.6 Å². The summed E-state index contributed by atoms with van der Waals surface area (Å²) in [5, 5.41) is 12.3. The minimum atomic E-state index is -0.960. The number of hydrogen-bond donors (Lipinski definition) is 2. The molecule has 0 saturated carbocycles. The van der Waals surface area contributed by atoms with E-state index < -0.39 is 5.97 Å². The second kappa shape index (κ2) is 14.8. The number of anilines is 1. The van der Waals surface area contributed by atoms with E-state index in [0.717, 1.165) is 29.7 Å². The zero-order chi connectivity index (χ0) is 24.8. The smallest absolute Gasteiger partial charge is 0.331 e. The Labute approximate surface area is 201 Å². The third-order valence-corrected chi connectivity index (χ3v) is 4.98. The minimum Gasteiger partial charge on any atom is -0.490 e. The Hall–Kier alpha value is -3.32. The van der Waals surface area contributed by atoms with Crippen molar-refractivity contribution in [2.24, 2.45) is 0 Å². The number of amides is 1. The van der Waals surface area contributed by atoms with Gasteiger partial charge in [-0.3, -0.25) is 4.79 Å². The molecule has 184 valence electrons. The third kappa shape index (κ3) is 9.67. The van der Waals surface area contributed by atoms with E-state index in [1.807, 2.05) is 49.4 Å². The van der Waals surface area contributed by atoms with Crippen LogP contribution in [0.3, 0.4) is 0 Å². The van der Waals surface area contributed by atoms with Gasteiger partial charge >= 0.3 is 5.97 Å². The van der Waals surface area contributed by atoms with Gasteiger partial charge in [0.2, 0.25) is 5.91 Å². The molecule has 0 bridgehead atoms. The van der Waals surface area contributed by atoms with Crippen molar-refractivity contribution in [1.82, 2.24) is 0 Å². The second-order valence-corrected chi connectivity index (χ2v) is 7.81. The molecule has 2 aromatic rings. The Morgan fingerprint density at radius 3 is 2.35 bits per heavy atom. The molecule has 1 amide bonds. The average molecular weight is 470 g/mol. The molecule has 0 aliphatic rings. The molecule has 0 unspecified atom stereocenters. The number of aliphatic carboxylic acids is 1. The third-order valence-electron chi connectivity index (χ3n) is 4.98. The molecule has 0 fully saturated rings. The lowest BCUT2D eigenvalue weighted by Gasteiger charge is -2.14. The molecule has 2 N–H and O–H groups in total. The molecule has 0 aliphatic heterocycles. The van der Waals surface area contributed by atoms with Crippen LogP contribution in [0, 0.1) is 0 Å². The molecule has 2 aromatic carbocycles. The Balaban J connectivity index is 2.09. The molecule has 0 heterocycles. The van der Waals surface area contributed by atoms with Crippen molar-refractivity contribution in [2.75, 3.05) is 31.7 Å². The first kappa shape index (κ1) is 26.9. The van der Waals surface area contributed by atoms with Crippen molar-refractivity contribution in [3.63, 3.8) is 0 Å². The van der Waals surface area contributed by atoms with Crippen LogP contribution >= 0.6 is 0 Å². The molecular formula is C27H35NO6. The number of nitrogens with one attached hydrogen (secondary N) is 1. The van der Waals surface area contributed by atoms with Gasteiger partial charge in [-0.25, -0.2) is 4.79 Å². The molecule has 7 nitrogen and oxygen atoms in total. The first-order chi connectivity index (χ1) is 16.4. The number of ether oxygens (including phenoxy) is 3. The number of benzene rings is 2. The molecule has 34 heavy (non-hydrogen) atoms. The highest BCUT2D eigenvalue weighted by Gasteiger charge is 2.11. The highest BCUT2D eigenvalue weighted by Crippen LogP contribution is 2.30. The fraction of sp³-hybridized carbons (Fsp3) is 0.407. The topological polar surface area (TPSA) is 94.1 Å². The molecule has 0 saturated heterocycles. The Morgan fingerprint density at radius 2 is 1.71 bits per heavy atom. The average Bonchev–Trinajstić information content (AvgIpc) is 2.80. The largest absolute Gasteiger partial charge is 0.490 e. The van der Waals surface area contributed by atoms with E-state index in [9.17, 15) is 14.7 Å². The molecule has 0 spiro atoms. The number of carboxylic acid groups (broad SMARTS) is 1. The van der Waals surface area contributed by atoms with Crippen molar-refractivity contribution < 1.29 is 28.9 Å². The molecular weight excluding hydrogens is 434 g/mol. The number of rotatable bonds is 15. The highest BCUT2D eigenvalue weighted by atomic mass is 16.5. The summed E-state index contributed by atoms with van der Waals surface area (Å²) in [7, 11) is 0. The SMILES string of the molecule is CCCCOc1cc(C=C(CCOCC)C(=O)O)ccc1OCCc1ccc(NC(C)=O)cc1. The zero-order valence-electron chi connectivity index (χ0n) is 20.3. The Morgan fingerprint density at radius 1 is 0.971 bits per heavy atom. The molecule has 0 atom stereocenters. The summed E-state index contributed by atoms with van der Waals surface area (Å²) in [6.45, 7) is 7.37. The first-order valence-electron chi connectivity index (χ1n) is 11.7. The van der Waals surface area contributed by atoms with Crippen LogP contribution in [0.5, 0.6) is 11.5 Å². The van der Waals surface area contributed by atoms with Crippen molar-refractivity contribution >= 4 is 23.6 Å². The van der Waals surface area contributed by atoms with Gasteiger partial charge in [0.05, 0.1) is 19.8 Å². The molecule has 0 aromatic heterocycles. The quantitative estimate of drug-likeness (QED) is 0.270. The number of carboxylic acids is 1. The van der Waals surface area contributed by atoms with Crippen LogP contribution in [0.15, 0.2) is 48.0 Å². The van der Waals surface area contributed by atoms with E-state index in [4.69, 9.17) is 14.2 Å². The van der Waals surface area contributed by atoms with Gasteiger partial charge in [-0.1, -0.05) is 31.5 Å². The van der Waals surface area contributed by atoms with Gasteiger partial charge in [-0.15, -0.1) is 0 Å². The fourth-order valence-corrected chi connectivity index (χ4v) is 3.18. The van der Waals surface area contributed by atoms with Gasteiger partial charge in [0.15, 0.2) is 11.5 Å². The van der Waals surface area contributed by atoms with Crippen LogP contribution in [-0.2, 0) is 20.7 Å². The number of carbonyl (C=O) groups is 2. The molecule has 2 rings (SSSR count).